The highest BCUT2D eigenvalue weighted by Gasteiger charge is 2.20. The Morgan fingerprint density at radius 1 is 1.43 bits per heavy atom. The zero-order chi connectivity index (χ0) is 15.5. The molecule has 0 aliphatic heterocycles. The van der Waals surface area contributed by atoms with Crippen LogP contribution in [0, 0.1) is 5.41 Å². The van der Waals surface area contributed by atoms with Crippen molar-refractivity contribution in [2.24, 2.45) is 5.41 Å². The van der Waals surface area contributed by atoms with E-state index in [2.05, 4.69) is 36.1 Å². The molecule has 5 heteroatoms. The molecule has 0 bridgehead atoms. The van der Waals surface area contributed by atoms with Gasteiger partial charge in [-0.1, -0.05) is 20.8 Å². The monoisotopic (exact) mass is 289 g/mol. The molecule has 3 N–H and O–H groups in total. The van der Waals surface area contributed by atoms with Crippen molar-refractivity contribution in [1.29, 1.82) is 0 Å². The molecule has 21 heavy (non-hydrogen) atoms. The standard InChI is InChI=1S/C16H23N3O2/c1-16(2,3)7-4-13(15(20)21)19-10-11-5-8-17-14-12(11)6-9-18-14/h5-6,8-9,13,19H,4,7,10H2,1-3H3,(H,17,18)(H,20,21). The molecule has 5 nitrogen and oxygen atoms in total. The van der Waals surface area contributed by atoms with E-state index < -0.39 is 12.0 Å². The summed E-state index contributed by atoms with van der Waals surface area (Å²) in [7, 11) is 0. The second kappa shape index (κ2) is 6.26. The maximum absolute atomic E-state index is 11.4. The topological polar surface area (TPSA) is 78.0 Å². The molecule has 0 spiro atoms. The van der Waals surface area contributed by atoms with Gasteiger partial charge >= 0.3 is 5.97 Å². The number of H-pyrrole nitrogens is 1. The number of hydrogen-bond donors (Lipinski definition) is 3. The van der Waals surface area contributed by atoms with Gasteiger partial charge in [-0.15, -0.1) is 0 Å². The first-order valence-corrected chi connectivity index (χ1v) is 7.24. The zero-order valence-corrected chi connectivity index (χ0v) is 12.8. The zero-order valence-electron chi connectivity index (χ0n) is 12.8. The maximum atomic E-state index is 11.4. The van der Waals surface area contributed by atoms with E-state index in [9.17, 15) is 9.90 Å². The van der Waals surface area contributed by atoms with Crippen LogP contribution in [-0.2, 0) is 11.3 Å². The van der Waals surface area contributed by atoms with Crippen LogP contribution < -0.4 is 5.32 Å². The molecule has 0 aromatic carbocycles. The summed E-state index contributed by atoms with van der Waals surface area (Å²) in [6.07, 6.45) is 5.07. The van der Waals surface area contributed by atoms with Gasteiger partial charge in [0.2, 0.25) is 0 Å². The normalized spacial score (nSPS) is 13.5. The molecule has 0 radical (unpaired) electrons. The van der Waals surface area contributed by atoms with Crippen LogP contribution in [0.3, 0.4) is 0 Å². The minimum atomic E-state index is -0.793. The Bertz CT molecular complexity index is 613. The van der Waals surface area contributed by atoms with Crippen LogP contribution in [0.25, 0.3) is 11.0 Å². The lowest BCUT2D eigenvalue weighted by molar-refractivity contribution is -0.139. The Morgan fingerprint density at radius 2 is 2.19 bits per heavy atom. The maximum Gasteiger partial charge on any atom is 0.320 e. The molecular formula is C16H23N3O2. The molecule has 2 aromatic rings. The van der Waals surface area contributed by atoms with E-state index in [0.717, 1.165) is 23.0 Å². The Kier molecular flexibility index (Phi) is 4.63. The minimum absolute atomic E-state index is 0.139. The van der Waals surface area contributed by atoms with Crippen LogP contribution in [-0.4, -0.2) is 27.1 Å². The fourth-order valence-corrected chi connectivity index (χ4v) is 2.30. The highest BCUT2D eigenvalue weighted by Crippen LogP contribution is 2.22. The van der Waals surface area contributed by atoms with E-state index in [4.69, 9.17) is 0 Å². The first kappa shape index (κ1) is 15.5. The van der Waals surface area contributed by atoms with Gasteiger partial charge in [-0.05, 0) is 36.0 Å². The summed E-state index contributed by atoms with van der Waals surface area (Å²) < 4.78 is 0. The van der Waals surface area contributed by atoms with Gasteiger partial charge in [0.15, 0.2) is 0 Å². The average Bonchev–Trinajstić information content (AvgIpc) is 2.85. The Morgan fingerprint density at radius 3 is 2.86 bits per heavy atom. The van der Waals surface area contributed by atoms with Crippen LogP contribution in [0.5, 0.6) is 0 Å². The predicted molar refractivity (Wildman–Crippen MR) is 83.0 cm³/mol. The SMILES string of the molecule is CC(C)(C)CCC(NCc1ccnc2[nH]ccc12)C(=O)O. The Labute approximate surface area is 124 Å². The van der Waals surface area contributed by atoms with Crippen molar-refractivity contribution in [3.63, 3.8) is 0 Å². The van der Waals surface area contributed by atoms with Crippen molar-refractivity contribution in [3.8, 4) is 0 Å². The van der Waals surface area contributed by atoms with Gasteiger partial charge < -0.3 is 15.4 Å². The smallest absolute Gasteiger partial charge is 0.320 e. The lowest BCUT2D eigenvalue weighted by Gasteiger charge is -2.21. The van der Waals surface area contributed by atoms with Crippen LogP contribution >= 0.6 is 0 Å². The number of aromatic amines is 1. The van der Waals surface area contributed by atoms with Crippen molar-refractivity contribution < 1.29 is 9.90 Å². The van der Waals surface area contributed by atoms with Crippen LogP contribution in [0.2, 0.25) is 0 Å². The summed E-state index contributed by atoms with van der Waals surface area (Å²) in [5.74, 6) is -0.793. The van der Waals surface area contributed by atoms with Gasteiger partial charge in [0.05, 0.1) is 0 Å². The predicted octanol–water partition coefficient (Wildman–Crippen LogP) is 2.93. The number of carboxylic acids is 1. The highest BCUT2D eigenvalue weighted by molar-refractivity contribution is 5.79. The number of carbonyl (C=O) groups is 1. The molecule has 0 saturated carbocycles. The van der Waals surface area contributed by atoms with E-state index in [0.29, 0.717) is 13.0 Å². The molecule has 2 heterocycles. The van der Waals surface area contributed by atoms with Crippen LogP contribution in [0.15, 0.2) is 24.5 Å². The number of hydrogen-bond acceptors (Lipinski definition) is 3. The number of rotatable bonds is 6. The number of aliphatic carboxylic acids is 1. The van der Waals surface area contributed by atoms with Crippen molar-refractivity contribution in [3.05, 3.63) is 30.1 Å². The molecule has 0 aliphatic rings. The molecule has 0 aliphatic carbocycles. The van der Waals surface area contributed by atoms with Gasteiger partial charge in [-0.3, -0.25) is 4.79 Å². The summed E-state index contributed by atoms with van der Waals surface area (Å²) in [6, 6.07) is 3.36. The van der Waals surface area contributed by atoms with Crippen molar-refractivity contribution >= 4 is 17.0 Å². The molecule has 1 unspecified atom stereocenters. The van der Waals surface area contributed by atoms with Crippen molar-refractivity contribution in [1.82, 2.24) is 15.3 Å². The number of nitrogens with zero attached hydrogens (tertiary/aromatic N) is 1. The summed E-state index contributed by atoms with van der Waals surface area (Å²) in [6.45, 7) is 6.90. The first-order valence-electron chi connectivity index (χ1n) is 7.24. The fraction of sp³-hybridized carbons (Fsp3) is 0.500. The molecule has 114 valence electrons. The van der Waals surface area contributed by atoms with Gasteiger partial charge in [0.1, 0.15) is 11.7 Å². The van der Waals surface area contributed by atoms with E-state index in [-0.39, 0.29) is 5.41 Å². The summed E-state index contributed by atoms with van der Waals surface area (Å²) >= 11 is 0. The molecular weight excluding hydrogens is 266 g/mol. The lowest BCUT2D eigenvalue weighted by atomic mass is 9.88. The largest absolute Gasteiger partial charge is 0.480 e. The third-order valence-corrected chi connectivity index (χ3v) is 3.57. The molecule has 0 amide bonds. The number of aromatic nitrogens is 2. The molecule has 0 fully saturated rings. The Balaban J connectivity index is 2.01. The number of carboxylic acid groups (broad SMARTS) is 1. The van der Waals surface area contributed by atoms with Crippen molar-refractivity contribution in [2.75, 3.05) is 0 Å². The molecule has 1 atom stereocenters. The van der Waals surface area contributed by atoms with E-state index >= 15 is 0 Å². The molecule has 2 aromatic heterocycles. The third kappa shape index (κ3) is 4.29. The van der Waals surface area contributed by atoms with E-state index in [1.165, 1.54) is 0 Å². The van der Waals surface area contributed by atoms with Gasteiger partial charge in [0, 0.05) is 24.3 Å². The van der Waals surface area contributed by atoms with Gasteiger partial charge in [0.25, 0.3) is 0 Å². The second-order valence-electron chi connectivity index (χ2n) is 6.58. The summed E-state index contributed by atoms with van der Waals surface area (Å²) in [4.78, 5) is 18.7. The average molecular weight is 289 g/mol. The summed E-state index contributed by atoms with van der Waals surface area (Å²) in [5.41, 5.74) is 2.03. The van der Waals surface area contributed by atoms with Crippen LogP contribution in [0.4, 0.5) is 0 Å². The molecule has 2 rings (SSSR count). The quantitative estimate of drug-likeness (QED) is 0.764. The second-order valence-corrected chi connectivity index (χ2v) is 6.58. The highest BCUT2D eigenvalue weighted by atomic mass is 16.4. The number of pyridine rings is 1. The number of nitrogens with one attached hydrogen (secondary N) is 2. The van der Waals surface area contributed by atoms with Crippen LogP contribution in [0.1, 0.15) is 39.2 Å². The van der Waals surface area contributed by atoms with Gasteiger partial charge in [-0.25, -0.2) is 4.98 Å². The lowest BCUT2D eigenvalue weighted by Crippen LogP contribution is -2.37. The third-order valence-electron chi connectivity index (χ3n) is 3.57. The van der Waals surface area contributed by atoms with E-state index in [1.54, 1.807) is 6.20 Å². The fourth-order valence-electron chi connectivity index (χ4n) is 2.30. The van der Waals surface area contributed by atoms with E-state index in [1.807, 2.05) is 18.3 Å². The first-order chi connectivity index (χ1) is 9.87. The van der Waals surface area contributed by atoms with Gasteiger partial charge in [-0.2, -0.15) is 0 Å². The minimum Gasteiger partial charge on any atom is -0.480 e. The molecule has 0 saturated heterocycles. The number of fused-ring (bicyclic) bond motifs is 1. The summed E-state index contributed by atoms with van der Waals surface area (Å²) in [5, 5.41) is 13.5. The van der Waals surface area contributed by atoms with Crippen molar-refractivity contribution in [2.45, 2.75) is 46.2 Å². The Hall–Kier alpha value is -1.88.